The van der Waals surface area contributed by atoms with Gasteiger partial charge in [0.2, 0.25) is 0 Å². The van der Waals surface area contributed by atoms with E-state index < -0.39 is 41.0 Å². The van der Waals surface area contributed by atoms with E-state index in [0.717, 1.165) is 36.9 Å². The summed E-state index contributed by atoms with van der Waals surface area (Å²) in [6.45, 7) is 5.01. The zero-order chi connectivity index (χ0) is 25.5. The molecule has 6 nitrogen and oxygen atoms in total. The fraction of sp³-hybridized carbons (Fsp3) is 0.400. The number of methoxy groups -OCH3 is 1. The maximum atomic E-state index is 12.8. The number of hydrogen-bond donors (Lipinski definition) is 0. The van der Waals surface area contributed by atoms with Crippen molar-refractivity contribution >= 4 is 17.7 Å². The van der Waals surface area contributed by atoms with Crippen LogP contribution >= 0.6 is 0 Å². The Hall–Kier alpha value is -3.36. The molecule has 1 atom stereocenters. The first-order valence-electron chi connectivity index (χ1n) is 10.5. The second-order valence-electron chi connectivity index (χ2n) is 8.57. The number of aryl methyl sites for hydroxylation is 1. The van der Waals surface area contributed by atoms with Crippen molar-refractivity contribution in [2.75, 3.05) is 13.7 Å². The predicted octanol–water partition coefficient (Wildman–Crippen LogP) is 5.03. The number of halogens is 3. The van der Waals surface area contributed by atoms with Crippen LogP contribution in [0.15, 0.2) is 48.5 Å². The molecular weight excluding hydrogens is 453 g/mol. The average molecular weight is 480 g/mol. The lowest BCUT2D eigenvalue weighted by Gasteiger charge is -2.19. The van der Waals surface area contributed by atoms with Crippen LogP contribution in [0.1, 0.15) is 48.7 Å². The number of carbonyl (C=O) groups is 3. The zero-order valence-corrected chi connectivity index (χ0v) is 19.4. The van der Waals surface area contributed by atoms with E-state index in [2.05, 4.69) is 0 Å². The van der Waals surface area contributed by atoms with Gasteiger partial charge in [0, 0.05) is 5.56 Å². The van der Waals surface area contributed by atoms with E-state index in [4.69, 9.17) is 14.2 Å². The summed E-state index contributed by atoms with van der Waals surface area (Å²) in [6.07, 6.45) is -4.09. The Morgan fingerprint density at radius 1 is 0.912 bits per heavy atom. The smallest absolute Gasteiger partial charge is 0.416 e. The number of benzene rings is 2. The molecule has 0 aliphatic heterocycles. The van der Waals surface area contributed by atoms with Gasteiger partial charge in [-0.05, 0) is 63.4 Å². The van der Waals surface area contributed by atoms with Crippen molar-refractivity contribution in [1.82, 2.24) is 0 Å². The molecule has 0 amide bonds. The Bertz CT molecular complexity index is 989. The first kappa shape index (κ1) is 26.9. The molecule has 0 aromatic heterocycles. The minimum atomic E-state index is -4.52. The van der Waals surface area contributed by atoms with E-state index in [1.807, 2.05) is 0 Å². The van der Waals surface area contributed by atoms with Gasteiger partial charge in [-0.3, -0.25) is 9.59 Å². The van der Waals surface area contributed by atoms with E-state index in [1.54, 1.807) is 45.0 Å². The Kier molecular flexibility index (Phi) is 8.84. The van der Waals surface area contributed by atoms with Crippen LogP contribution < -0.4 is 4.74 Å². The summed E-state index contributed by atoms with van der Waals surface area (Å²) in [5, 5.41) is 0. The van der Waals surface area contributed by atoms with Gasteiger partial charge in [-0.1, -0.05) is 24.3 Å². The summed E-state index contributed by atoms with van der Waals surface area (Å²) in [4.78, 5) is 36.7. The Morgan fingerprint density at radius 3 is 2.00 bits per heavy atom. The molecule has 2 aromatic rings. The van der Waals surface area contributed by atoms with Crippen molar-refractivity contribution in [3.05, 3.63) is 65.2 Å². The number of Topliss-reactive ketones (excluding diaryl/α,β-unsaturated/α-hetero) is 1. The van der Waals surface area contributed by atoms with Crippen molar-refractivity contribution in [1.29, 1.82) is 0 Å². The molecule has 34 heavy (non-hydrogen) atoms. The molecule has 0 heterocycles. The van der Waals surface area contributed by atoms with Crippen LogP contribution in [0.3, 0.4) is 0 Å². The topological polar surface area (TPSA) is 78.9 Å². The van der Waals surface area contributed by atoms with Gasteiger partial charge in [0.1, 0.15) is 17.3 Å². The SMILES string of the molecule is COC(=O)C(CCc1ccc(OCC(=O)OC(C)(C)C)cc1)C(=O)c1ccc(C(F)(F)F)cc1. The van der Waals surface area contributed by atoms with Crippen molar-refractivity contribution in [2.24, 2.45) is 5.92 Å². The molecule has 0 saturated heterocycles. The molecule has 0 radical (unpaired) electrons. The molecule has 0 aliphatic rings. The summed E-state index contributed by atoms with van der Waals surface area (Å²) in [6, 6.07) is 10.4. The van der Waals surface area contributed by atoms with Gasteiger partial charge in [0.05, 0.1) is 12.7 Å². The maximum absolute atomic E-state index is 12.8. The monoisotopic (exact) mass is 480 g/mol. The highest BCUT2D eigenvalue weighted by molar-refractivity contribution is 6.08. The third-order valence-electron chi connectivity index (χ3n) is 4.72. The maximum Gasteiger partial charge on any atom is 0.416 e. The lowest BCUT2D eigenvalue weighted by atomic mass is 9.91. The van der Waals surface area contributed by atoms with Gasteiger partial charge in [-0.25, -0.2) is 4.79 Å². The summed E-state index contributed by atoms with van der Waals surface area (Å²) in [5.41, 5.74) is -0.709. The van der Waals surface area contributed by atoms with Gasteiger partial charge < -0.3 is 14.2 Å². The van der Waals surface area contributed by atoms with Gasteiger partial charge in [0.25, 0.3) is 0 Å². The molecule has 0 aliphatic carbocycles. The minimum Gasteiger partial charge on any atom is -0.482 e. The fourth-order valence-corrected chi connectivity index (χ4v) is 3.10. The first-order valence-corrected chi connectivity index (χ1v) is 10.5. The second kappa shape index (κ2) is 11.2. The van der Waals surface area contributed by atoms with Crippen LogP contribution in [-0.2, 0) is 31.7 Å². The molecule has 1 unspecified atom stereocenters. The summed E-state index contributed by atoms with van der Waals surface area (Å²) >= 11 is 0. The van der Waals surface area contributed by atoms with Crippen LogP contribution in [0.5, 0.6) is 5.75 Å². The Labute approximate surface area is 196 Å². The predicted molar refractivity (Wildman–Crippen MR) is 117 cm³/mol. The van der Waals surface area contributed by atoms with Gasteiger partial charge in [-0.2, -0.15) is 13.2 Å². The van der Waals surface area contributed by atoms with E-state index in [9.17, 15) is 27.6 Å². The highest BCUT2D eigenvalue weighted by Gasteiger charge is 2.32. The first-order chi connectivity index (χ1) is 15.8. The highest BCUT2D eigenvalue weighted by Crippen LogP contribution is 2.29. The van der Waals surface area contributed by atoms with Crippen LogP contribution in [0.25, 0.3) is 0 Å². The normalized spacial score (nSPS) is 12.6. The molecule has 0 bridgehead atoms. The summed E-state index contributed by atoms with van der Waals surface area (Å²) in [7, 11) is 1.15. The quantitative estimate of drug-likeness (QED) is 0.285. The third-order valence-corrected chi connectivity index (χ3v) is 4.72. The lowest BCUT2D eigenvalue weighted by molar-refractivity contribution is -0.157. The van der Waals surface area contributed by atoms with Crippen LogP contribution in [0.4, 0.5) is 13.2 Å². The number of esters is 2. The van der Waals surface area contributed by atoms with E-state index in [0.29, 0.717) is 12.2 Å². The zero-order valence-electron chi connectivity index (χ0n) is 19.4. The largest absolute Gasteiger partial charge is 0.482 e. The van der Waals surface area contributed by atoms with Gasteiger partial charge in [-0.15, -0.1) is 0 Å². The van der Waals surface area contributed by atoms with E-state index in [1.165, 1.54) is 0 Å². The molecule has 0 fully saturated rings. The Balaban J connectivity index is 2.00. The molecule has 2 rings (SSSR count). The van der Waals surface area contributed by atoms with Gasteiger partial charge >= 0.3 is 18.1 Å². The molecule has 0 N–H and O–H groups in total. The average Bonchev–Trinajstić information content (AvgIpc) is 2.76. The van der Waals surface area contributed by atoms with Crippen LogP contribution in [-0.4, -0.2) is 37.0 Å². The number of ether oxygens (including phenoxy) is 3. The molecule has 9 heteroatoms. The number of hydrogen-bond acceptors (Lipinski definition) is 6. The lowest BCUT2D eigenvalue weighted by Crippen LogP contribution is -2.27. The highest BCUT2D eigenvalue weighted by atomic mass is 19.4. The third kappa shape index (κ3) is 8.20. The van der Waals surface area contributed by atoms with E-state index >= 15 is 0 Å². The molecule has 184 valence electrons. The fourth-order valence-electron chi connectivity index (χ4n) is 3.10. The van der Waals surface area contributed by atoms with Crippen molar-refractivity contribution in [3.8, 4) is 5.75 Å². The molecular formula is C25H27F3O6. The minimum absolute atomic E-state index is 0.00529. The summed E-state index contributed by atoms with van der Waals surface area (Å²) < 4.78 is 53.6. The number of carbonyl (C=O) groups excluding carboxylic acids is 3. The summed E-state index contributed by atoms with van der Waals surface area (Å²) in [5.74, 6) is -2.59. The number of alkyl halides is 3. The molecule has 2 aromatic carbocycles. The van der Waals surface area contributed by atoms with Crippen molar-refractivity contribution in [2.45, 2.75) is 45.4 Å². The second-order valence-corrected chi connectivity index (χ2v) is 8.57. The van der Waals surface area contributed by atoms with Crippen molar-refractivity contribution < 1.29 is 41.8 Å². The molecule has 0 saturated carbocycles. The van der Waals surface area contributed by atoms with Crippen molar-refractivity contribution in [3.63, 3.8) is 0 Å². The standard InChI is InChI=1S/C25H27F3O6/c1-24(2,3)34-21(29)15-33-19-12-5-16(6-13-19)7-14-20(23(31)32-4)22(30)17-8-10-18(11-9-17)25(26,27)28/h5-6,8-13,20H,7,14-15H2,1-4H3. The van der Waals surface area contributed by atoms with Gasteiger partial charge in [0.15, 0.2) is 12.4 Å². The number of ketones is 1. The van der Waals surface area contributed by atoms with E-state index in [-0.39, 0.29) is 18.6 Å². The van der Waals surface area contributed by atoms with Crippen LogP contribution in [0.2, 0.25) is 0 Å². The van der Waals surface area contributed by atoms with Crippen LogP contribution in [0, 0.1) is 5.92 Å². The molecule has 0 spiro atoms. The number of rotatable bonds is 9. The Morgan fingerprint density at radius 2 is 1.50 bits per heavy atom.